The van der Waals surface area contributed by atoms with Gasteiger partial charge in [0.25, 0.3) is 5.56 Å². The van der Waals surface area contributed by atoms with Crippen molar-refractivity contribution in [2.75, 3.05) is 25.1 Å². The highest BCUT2D eigenvalue weighted by Gasteiger charge is 2.30. The molecule has 0 saturated heterocycles. The molecule has 0 amide bonds. The molecule has 2 heterocycles. The van der Waals surface area contributed by atoms with Gasteiger partial charge in [-0.2, -0.15) is 9.71 Å². The number of nitrogen functional groups attached to an aromatic ring is 1. The van der Waals surface area contributed by atoms with E-state index in [0.717, 1.165) is 5.56 Å². The Morgan fingerprint density at radius 1 is 1.18 bits per heavy atom. The highest BCUT2D eigenvalue weighted by Crippen LogP contribution is 2.48. The van der Waals surface area contributed by atoms with E-state index in [1.165, 1.54) is 11.1 Å². The topological polar surface area (TPSA) is 144 Å². The Bertz CT molecular complexity index is 1130. The van der Waals surface area contributed by atoms with E-state index in [1.807, 2.05) is 37.3 Å². The Morgan fingerprint density at radius 2 is 1.88 bits per heavy atom. The van der Waals surface area contributed by atoms with Crippen LogP contribution >= 0.6 is 7.60 Å². The van der Waals surface area contributed by atoms with Crippen molar-refractivity contribution in [3.8, 4) is 0 Å². The van der Waals surface area contributed by atoms with Crippen LogP contribution in [0.1, 0.15) is 32.8 Å². The zero-order chi connectivity index (χ0) is 23.8. The number of nitrogens with two attached hydrogens (primary N) is 1. The van der Waals surface area contributed by atoms with Gasteiger partial charge in [-0.25, -0.2) is 4.98 Å². The summed E-state index contributed by atoms with van der Waals surface area (Å²) in [6.07, 6.45) is 0.766. The highest BCUT2D eigenvalue weighted by molar-refractivity contribution is 7.53. The van der Waals surface area contributed by atoms with Gasteiger partial charge in [-0.05, 0) is 26.3 Å². The third-order valence-electron chi connectivity index (χ3n) is 4.86. The smallest absolute Gasteiger partial charge is 0.330 e. The number of aromatic amines is 1. The first-order valence-electron chi connectivity index (χ1n) is 10.8. The van der Waals surface area contributed by atoms with Crippen LogP contribution in [0.5, 0.6) is 0 Å². The van der Waals surface area contributed by atoms with Gasteiger partial charge in [0.2, 0.25) is 11.6 Å². The van der Waals surface area contributed by atoms with Crippen molar-refractivity contribution in [2.24, 2.45) is 0 Å². The third kappa shape index (κ3) is 6.64. The van der Waals surface area contributed by atoms with E-state index < -0.39 is 25.4 Å². The van der Waals surface area contributed by atoms with Crippen molar-refractivity contribution in [3.05, 3.63) is 52.6 Å². The molecule has 12 heteroatoms. The van der Waals surface area contributed by atoms with Gasteiger partial charge in [-0.15, -0.1) is 0 Å². The van der Waals surface area contributed by atoms with Crippen LogP contribution in [0.25, 0.3) is 11.2 Å². The molecule has 2 atom stereocenters. The molecule has 0 bridgehead atoms. The van der Waals surface area contributed by atoms with Gasteiger partial charge in [-0.1, -0.05) is 30.3 Å². The normalized spacial score (nSPS) is 13.8. The Morgan fingerprint density at radius 3 is 2.55 bits per heavy atom. The number of aromatic nitrogens is 4. The van der Waals surface area contributed by atoms with Crippen LogP contribution in [0.3, 0.4) is 0 Å². The molecular weight excluding hydrogens is 449 g/mol. The van der Waals surface area contributed by atoms with Gasteiger partial charge < -0.3 is 24.4 Å². The van der Waals surface area contributed by atoms with E-state index in [2.05, 4.69) is 15.0 Å². The molecule has 0 aliphatic rings. The molecule has 0 radical (unpaired) electrons. The van der Waals surface area contributed by atoms with E-state index in [-0.39, 0.29) is 36.5 Å². The van der Waals surface area contributed by atoms with Crippen molar-refractivity contribution in [3.63, 3.8) is 0 Å². The van der Waals surface area contributed by atoms with Crippen LogP contribution in [-0.2, 0) is 25.0 Å². The number of imidazole rings is 1. The Labute approximate surface area is 191 Å². The number of rotatable bonds is 13. The summed E-state index contributed by atoms with van der Waals surface area (Å²) < 4.78 is 31.1. The second kappa shape index (κ2) is 11.4. The number of benzene rings is 1. The van der Waals surface area contributed by atoms with Crippen LogP contribution in [0.4, 0.5) is 5.95 Å². The quantitative estimate of drug-likeness (QED) is 0.354. The molecule has 0 fully saturated rings. The first-order valence-corrected chi connectivity index (χ1v) is 12.5. The van der Waals surface area contributed by atoms with E-state index in [4.69, 9.17) is 24.4 Å². The summed E-state index contributed by atoms with van der Waals surface area (Å²) >= 11 is 0. The molecule has 11 nitrogen and oxygen atoms in total. The molecule has 180 valence electrons. The second-order valence-corrected chi connectivity index (χ2v) is 9.48. The maximum absolute atomic E-state index is 13.0. The second-order valence-electron chi connectivity index (χ2n) is 7.30. The minimum atomic E-state index is -3.29. The minimum absolute atomic E-state index is 0.0556. The Kier molecular flexibility index (Phi) is 8.62. The zero-order valence-corrected chi connectivity index (χ0v) is 19.9. The lowest BCUT2D eigenvalue weighted by Gasteiger charge is -2.26. The number of nitrogens with zero attached hydrogens (tertiary/aromatic N) is 3. The summed E-state index contributed by atoms with van der Waals surface area (Å²) in [6.45, 7) is 6.27. The molecule has 0 unspecified atom stereocenters. The predicted molar refractivity (Wildman–Crippen MR) is 124 cm³/mol. The van der Waals surface area contributed by atoms with E-state index in [9.17, 15) is 9.36 Å². The first-order chi connectivity index (χ1) is 15.8. The predicted octanol–water partition coefficient (Wildman–Crippen LogP) is 2.76. The standard InChI is InChI=1S/C21H30N5O6P/c1-4-30-33(28,31-5-2)12-11-17(15(3)29-13-16-9-7-6-8-10-16)32-26-14-23-18-19(26)24-21(22)25-20(18)27/h6-10,14-15,17H,4-5,11-13H2,1-3H3,(H3,22,24,25,27)/t15-,17+/m0/s1. The number of nitrogens with one attached hydrogen (secondary N) is 1. The molecule has 3 aromatic rings. The van der Waals surface area contributed by atoms with Crippen molar-refractivity contribution >= 4 is 24.7 Å². The van der Waals surface area contributed by atoms with Gasteiger partial charge in [0.05, 0.1) is 32.1 Å². The third-order valence-corrected chi connectivity index (χ3v) is 6.97. The van der Waals surface area contributed by atoms with Crippen LogP contribution in [-0.4, -0.2) is 51.3 Å². The first kappa shape index (κ1) is 24.9. The summed E-state index contributed by atoms with van der Waals surface area (Å²) in [4.78, 5) is 28.8. The molecule has 2 aromatic heterocycles. The molecule has 1 aromatic carbocycles. The Balaban J connectivity index is 1.81. The fraction of sp³-hybridized carbons (Fsp3) is 0.476. The maximum Gasteiger partial charge on any atom is 0.330 e. The summed E-state index contributed by atoms with van der Waals surface area (Å²) in [6, 6.07) is 9.72. The molecule has 33 heavy (non-hydrogen) atoms. The lowest BCUT2D eigenvalue weighted by Crippen LogP contribution is -2.37. The van der Waals surface area contributed by atoms with Crippen LogP contribution in [0.2, 0.25) is 0 Å². The summed E-state index contributed by atoms with van der Waals surface area (Å²) in [5.41, 5.74) is 6.48. The average molecular weight is 479 g/mol. The number of hydrogen-bond acceptors (Lipinski definition) is 9. The number of anilines is 1. The van der Waals surface area contributed by atoms with Crippen LogP contribution in [0.15, 0.2) is 41.5 Å². The lowest BCUT2D eigenvalue weighted by molar-refractivity contribution is -0.0742. The summed E-state index contributed by atoms with van der Waals surface area (Å²) in [5.74, 6) is -0.0556. The molecule has 0 spiro atoms. The zero-order valence-electron chi connectivity index (χ0n) is 19.0. The molecule has 3 rings (SSSR count). The molecule has 3 N–H and O–H groups in total. The molecule has 0 aliphatic heterocycles. The van der Waals surface area contributed by atoms with E-state index in [0.29, 0.717) is 13.0 Å². The van der Waals surface area contributed by atoms with Gasteiger partial charge in [0.1, 0.15) is 6.33 Å². The van der Waals surface area contributed by atoms with Gasteiger partial charge >= 0.3 is 7.60 Å². The van der Waals surface area contributed by atoms with Gasteiger partial charge in [-0.3, -0.25) is 14.3 Å². The Hall–Kier alpha value is -2.72. The largest absolute Gasteiger partial charge is 0.405 e. The molecule has 0 aliphatic carbocycles. The van der Waals surface area contributed by atoms with Crippen molar-refractivity contribution in [1.29, 1.82) is 0 Å². The van der Waals surface area contributed by atoms with Crippen molar-refractivity contribution in [2.45, 2.75) is 46.0 Å². The van der Waals surface area contributed by atoms with Crippen LogP contribution in [0, 0.1) is 0 Å². The number of fused-ring (bicyclic) bond motifs is 1. The minimum Gasteiger partial charge on any atom is -0.405 e. The van der Waals surface area contributed by atoms with E-state index >= 15 is 0 Å². The maximum atomic E-state index is 13.0. The fourth-order valence-corrected chi connectivity index (χ4v) is 4.95. The average Bonchev–Trinajstić information content (AvgIpc) is 3.19. The van der Waals surface area contributed by atoms with Crippen molar-refractivity contribution < 1.29 is 23.2 Å². The van der Waals surface area contributed by atoms with Crippen molar-refractivity contribution in [1.82, 2.24) is 19.7 Å². The number of hydrogen-bond donors (Lipinski definition) is 2. The van der Waals surface area contributed by atoms with E-state index in [1.54, 1.807) is 13.8 Å². The molecular formula is C21H30N5O6P. The fourth-order valence-electron chi connectivity index (χ4n) is 3.26. The summed E-state index contributed by atoms with van der Waals surface area (Å²) in [7, 11) is -3.29. The van der Waals surface area contributed by atoms with Crippen LogP contribution < -0.4 is 16.1 Å². The highest BCUT2D eigenvalue weighted by atomic mass is 31.2. The molecule has 0 saturated carbocycles. The lowest BCUT2D eigenvalue weighted by atomic mass is 10.2. The van der Waals surface area contributed by atoms with Gasteiger partial charge in [0, 0.05) is 6.42 Å². The van der Waals surface area contributed by atoms with Gasteiger partial charge in [0.15, 0.2) is 11.6 Å². The summed E-state index contributed by atoms with van der Waals surface area (Å²) in [5, 5.41) is 0. The number of ether oxygens (including phenoxy) is 1. The SMILES string of the molecule is CCOP(=O)(CC[C@@H](On1cnc2c(=O)[nH]c(N)nc21)[C@H](C)OCc1ccccc1)OCC. The monoisotopic (exact) mass is 479 g/mol. The number of H-pyrrole nitrogens is 1.